The second kappa shape index (κ2) is 7.18. The third kappa shape index (κ3) is 4.28. The van der Waals surface area contributed by atoms with E-state index in [1.807, 2.05) is 0 Å². The molecule has 1 aromatic carbocycles. The average Bonchev–Trinajstić information content (AvgIpc) is 2.43. The third-order valence-corrected chi connectivity index (χ3v) is 4.60. The molecule has 1 saturated carbocycles. The lowest BCUT2D eigenvalue weighted by atomic mass is 9.86. The number of hydrogen-bond acceptors (Lipinski definition) is 2. The zero-order valence-electron chi connectivity index (χ0n) is 11.2. The number of carbonyl (C=O) groups is 1. The number of benzene rings is 1. The Labute approximate surface area is 126 Å². The monoisotopic (exact) mass is 343 g/mol. The van der Waals surface area contributed by atoms with E-state index in [4.69, 9.17) is 5.11 Å². The van der Waals surface area contributed by atoms with Crippen LogP contribution in [0.5, 0.6) is 0 Å². The molecule has 0 aliphatic heterocycles. The number of aliphatic hydroxyl groups excluding tert-OH is 1. The summed E-state index contributed by atoms with van der Waals surface area (Å²) in [7, 11) is 0. The Kier molecular flexibility index (Phi) is 5.54. The smallest absolute Gasteiger partial charge is 0.224 e. The first kappa shape index (κ1) is 15.4. The second-order valence-corrected chi connectivity index (χ2v) is 6.23. The standard InChI is InChI=1S/C15H19BrFNO2/c16-14-6-3-12(17)7-11(14)8-15(20)18-13-4-1-10(9-19)2-5-13/h3,6-7,10,13,19H,1-2,4-5,8-9H2,(H,18,20). The van der Waals surface area contributed by atoms with Crippen molar-refractivity contribution in [1.29, 1.82) is 0 Å². The molecule has 0 radical (unpaired) electrons. The Hall–Kier alpha value is -0.940. The molecule has 0 saturated heterocycles. The van der Waals surface area contributed by atoms with Crippen molar-refractivity contribution >= 4 is 21.8 Å². The first-order valence-electron chi connectivity index (χ1n) is 6.92. The summed E-state index contributed by atoms with van der Waals surface area (Å²) in [6.07, 6.45) is 3.89. The van der Waals surface area contributed by atoms with E-state index in [0.29, 0.717) is 11.5 Å². The van der Waals surface area contributed by atoms with Gasteiger partial charge in [0, 0.05) is 17.1 Å². The Morgan fingerprint density at radius 1 is 1.35 bits per heavy atom. The zero-order valence-corrected chi connectivity index (χ0v) is 12.8. The van der Waals surface area contributed by atoms with Crippen molar-refractivity contribution in [3.63, 3.8) is 0 Å². The summed E-state index contributed by atoms with van der Waals surface area (Å²) in [5.41, 5.74) is 0.659. The van der Waals surface area contributed by atoms with Crippen LogP contribution in [0.3, 0.4) is 0 Å². The summed E-state index contributed by atoms with van der Waals surface area (Å²) >= 11 is 3.33. The molecule has 5 heteroatoms. The summed E-state index contributed by atoms with van der Waals surface area (Å²) in [4.78, 5) is 12.0. The first-order chi connectivity index (χ1) is 9.58. The molecule has 2 rings (SSSR count). The Morgan fingerprint density at radius 2 is 2.05 bits per heavy atom. The quantitative estimate of drug-likeness (QED) is 0.883. The van der Waals surface area contributed by atoms with Crippen LogP contribution in [0.4, 0.5) is 4.39 Å². The summed E-state index contributed by atoms with van der Waals surface area (Å²) in [5.74, 6) is -0.0382. The molecule has 1 fully saturated rings. The molecule has 0 unspecified atom stereocenters. The maximum atomic E-state index is 13.2. The Morgan fingerprint density at radius 3 is 2.70 bits per heavy atom. The number of carbonyl (C=O) groups excluding carboxylic acids is 1. The van der Waals surface area contributed by atoms with Crippen molar-refractivity contribution < 1.29 is 14.3 Å². The van der Waals surface area contributed by atoms with E-state index >= 15 is 0 Å². The number of hydrogen-bond donors (Lipinski definition) is 2. The topological polar surface area (TPSA) is 49.3 Å². The van der Waals surface area contributed by atoms with Gasteiger partial charge in [-0.15, -0.1) is 0 Å². The lowest BCUT2D eigenvalue weighted by Gasteiger charge is -2.28. The molecule has 0 bridgehead atoms. The van der Waals surface area contributed by atoms with Crippen LogP contribution in [0.25, 0.3) is 0 Å². The fourth-order valence-corrected chi connectivity index (χ4v) is 3.01. The average molecular weight is 344 g/mol. The van der Waals surface area contributed by atoms with Crippen LogP contribution in [-0.4, -0.2) is 23.7 Å². The molecule has 0 heterocycles. The van der Waals surface area contributed by atoms with Gasteiger partial charge in [0.15, 0.2) is 0 Å². The molecule has 20 heavy (non-hydrogen) atoms. The summed E-state index contributed by atoms with van der Waals surface area (Å²) in [5, 5.41) is 12.1. The molecule has 1 amide bonds. The number of halogens is 2. The number of nitrogens with one attached hydrogen (secondary N) is 1. The van der Waals surface area contributed by atoms with E-state index in [9.17, 15) is 9.18 Å². The highest BCUT2D eigenvalue weighted by Crippen LogP contribution is 2.24. The minimum atomic E-state index is -0.334. The lowest BCUT2D eigenvalue weighted by molar-refractivity contribution is -0.121. The molecular formula is C15H19BrFNO2. The molecule has 1 aromatic rings. The van der Waals surface area contributed by atoms with Crippen LogP contribution in [0.2, 0.25) is 0 Å². The molecular weight excluding hydrogens is 325 g/mol. The van der Waals surface area contributed by atoms with Gasteiger partial charge < -0.3 is 10.4 Å². The van der Waals surface area contributed by atoms with Crippen LogP contribution in [-0.2, 0) is 11.2 Å². The largest absolute Gasteiger partial charge is 0.396 e. The van der Waals surface area contributed by atoms with Gasteiger partial charge in [-0.25, -0.2) is 4.39 Å². The zero-order chi connectivity index (χ0) is 14.5. The highest BCUT2D eigenvalue weighted by atomic mass is 79.9. The van der Waals surface area contributed by atoms with E-state index in [-0.39, 0.29) is 30.8 Å². The highest BCUT2D eigenvalue weighted by molar-refractivity contribution is 9.10. The van der Waals surface area contributed by atoms with Gasteiger partial charge in [-0.3, -0.25) is 4.79 Å². The van der Waals surface area contributed by atoms with E-state index in [1.54, 1.807) is 6.07 Å². The van der Waals surface area contributed by atoms with Crippen molar-refractivity contribution in [2.45, 2.75) is 38.1 Å². The van der Waals surface area contributed by atoms with E-state index in [2.05, 4.69) is 21.2 Å². The van der Waals surface area contributed by atoms with Gasteiger partial charge in [-0.1, -0.05) is 15.9 Å². The van der Waals surface area contributed by atoms with Crippen molar-refractivity contribution in [3.05, 3.63) is 34.1 Å². The predicted octanol–water partition coefficient (Wildman–Crippen LogP) is 2.80. The summed E-state index contributed by atoms with van der Waals surface area (Å²) in [6.45, 7) is 0.233. The number of rotatable bonds is 4. The van der Waals surface area contributed by atoms with Crippen LogP contribution in [0.1, 0.15) is 31.2 Å². The van der Waals surface area contributed by atoms with Gasteiger partial charge in [-0.2, -0.15) is 0 Å². The fraction of sp³-hybridized carbons (Fsp3) is 0.533. The maximum absolute atomic E-state index is 13.2. The maximum Gasteiger partial charge on any atom is 0.224 e. The normalized spacial score (nSPS) is 22.6. The van der Waals surface area contributed by atoms with Crippen molar-refractivity contribution in [2.24, 2.45) is 5.92 Å². The van der Waals surface area contributed by atoms with Crippen molar-refractivity contribution in [3.8, 4) is 0 Å². The SMILES string of the molecule is O=C(Cc1cc(F)ccc1Br)NC1CCC(CO)CC1. The molecule has 110 valence electrons. The molecule has 0 spiro atoms. The van der Waals surface area contributed by atoms with Gasteiger partial charge in [0.2, 0.25) is 5.91 Å². The Bertz CT molecular complexity index is 473. The molecule has 2 N–H and O–H groups in total. The Balaban J connectivity index is 1.85. The van der Waals surface area contributed by atoms with Gasteiger partial charge in [0.1, 0.15) is 5.82 Å². The molecule has 0 atom stereocenters. The fourth-order valence-electron chi connectivity index (χ4n) is 2.62. The minimum Gasteiger partial charge on any atom is -0.396 e. The van der Waals surface area contributed by atoms with Crippen LogP contribution < -0.4 is 5.32 Å². The summed E-state index contributed by atoms with van der Waals surface area (Å²) < 4.78 is 13.9. The molecule has 0 aromatic heterocycles. The molecule has 1 aliphatic rings. The van der Waals surface area contributed by atoms with E-state index < -0.39 is 0 Å². The van der Waals surface area contributed by atoms with Gasteiger partial charge in [0.25, 0.3) is 0 Å². The van der Waals surface area contributed by atoms with Crippen LogP contribution in [0.15, 0.2) is 22.7 Å². The van der Waals surface area contributed by atoms with Gasteiger partial charge in [0.05, 0.1) is 6.42 Å². The lowest BCUT2D eigenvalue weighted by Crippen LogP contribution is -2.38. The number of amides is 1. The first-order valence-corrected chi connectivity index (χ1v) is 7.72. The van der Waals surface area contributed by atoms with Crippen molar-refractivity contribution in [1.82, 2.24) is 5.32 Å². The predicted molar refractivity (Wildman–Crippen MR) is 78.8 cm³/mol. The summed E-state index contributed by atoms with van der Waals surface area (Å²) in [6, 6.07) is 4.54. The third-order valence-electron chi connectivity index (χ3n) is 3.83. The van der Waals surface area contributed by atoms with Gasteiger partial charge in [-0.05, 0) is 55.4 Å². The highest BCUT2D eigenvalue weighted by Gasteiger charge is 2.22. The molecule has 3 nitrogen and oxygen atoms in total. The van der Waals surface area contributed by atoms with Crippen molar-refractivity contribution in [2.75, 3.05) is 6.61 Å². The van der Waals surface area contributed by atoms with E-state index in [1.165, 1.54) is 12.1 Å². The second-order valence-electron chi connectivity index (χ2n) is 5.38. The van der Waals surface area contributed by atoms with E-state index in [0.717, 1.165) is 30.2 Å². The minimum absolute atomic E-state index is 0.0799. The van der Waals surface area contributed by atoms with Crippen LogP contribution >= 0.6 is 15.9 Å². The van der Waals surface area contributed by atoms with Crippen LogP contribution in [0, 0.1) is 11.7 Å². The number of aliphatic hydroxyl groups is 1. The van der Waals surface area contributed by atoms with Gasteiger partial charge >= 0.3 is 0 Å². The molecule has 1 aliphatic carbocycles.